The molecule has 0 bridgehead atoms. The summed E-state index contributed by atoms with van der Waals surface area (Å²) >= 11 is 3.50. The number of carbonyl (C=O) groups excluding carboxylic acids is 1. The fraction of sp³-hybridized carbons (Fsp3) is 0.333. The van der Waals surface area contributed by atoms with E-state index in [1.54, 1.807) is 0 Å². The molecule has 1 aliphatic rings. The Bertz CT molecular complexity index is 782. The van der Waals surface area contributed by atoms with Gasteiger partial charge in [0.15, 0.2) is 11.5 Å². The van der Waals surface area contributed by atoms with E-state index in [1.165, 1.54) is 0 Å². The summed E-state index contributed by atoms with van der Waals surface area (Å²) in [4.78, 5) is 16.9. The molecule has 0 spiro atoms. The second-order valence-corrected chi connectivity index (χ2v) is 6.71. The predicted octanol–water partition coefficient (Wildman–Crippen LogP) is 3.72. The fourth-order valence-electron chi connectivity index (χ4n) is 2.81. The van der Waals surface area contributed by atoms with Gasteiger partial charge in [0.25, 0.3) is 0 Å². The first kappa shape index (κ1) is 16.8. The molecule has 5 nitrogen and oxygen atoms in total. The van der Waals surface area contributed by atoms with Gasteiger partial charge in [0.05, 0.1) is 17.8 Å². The van der Waals surface area contributed by atoms with Gasteiger partial charge in [0.1, 0.15) is 13.2 Å². The Morgan fingerprint density at radius 3 is 2.50 bits per heavy atom. The lowest BCUT2D eigenvalue weighted by molar-refractivity contribution is -0.115. The highest BCUT2D eigenvalue weighted by molar-refractivity contribution is 9.10. The van der Waals surface area contributed by atoms with Crippen molar-refractivity contribution in [3.63, 3.8) is 0 Å². The molecule has 1 amide bonds. The van der Waals surface area contributed by atoms with Crippen LogP contribution in [0.1, 0.15) is 22.5 Å². The molecule has 0 unspecified atom stereocenters. The second-order valence-electron chi connectivity index (χ2n) is 5.85. The van der Waals surface area contributed by atoms with Gasteiger partial charge in [0, 0.05) is 10.2 Å². The zero-order chi connectivity index (χ0) is 17.3. The number of pyridine rings is 1. The molecule has 2 heterocycles. The molecule has 0 fully saturated rings. The van der Waals surface area contributed by atoms with Crippen LogP contribution >= 0.6 is 15.9 Å². The third-order valence-electron chi connectivity index (χ3n) is 3.85. The van der Waals surface area contributed by atoms with E-state index < -0.39 is 0 Å². The number of carbonyl (C=O) groups is 1. The molecule has 1 N–H and O–H groups in total. The van der Waals surface area contributed by atoms with E-state index in [-0.39, 0.29) is 12.3 Å². The Balaban J connectivity index is 1.78. The third-order valence-corrected chi connectivity index (χ3v) is 4.59. The third kappa shape index (κ3) is 3.53. The number of rotatable bonds is 3. The smallest absolute Gasteiger partial charge is 0.228 e. The summed E-state index contributed by atoms with van der Waals surface area (Å²) in [6, 6.07) is 5.66. The zero-order valence-corrected chi connectivity index (χ0v) is 15.5. The molecule has 3 rings (SSSR count). The van der Waals surface area contributed by atoms with Crippen LogP contribution in [0.3, 0.4) is 0 Å². The lowest BCUT2D eigenvalue weighted by atomic mass is 10.1. The highest BCUT2D eigenvalue weighted by atomic mass is 79.9. The molecule has 1 aromatic heterocycles. The number of benzene rings is 1. The summed E-state index contributed by atoms with van der Waals surface area (Å²) in [5, 5.41) is 2.97. The Hall–Kier alpha value is -2.08. The van der Waals surface area contributed by atoms with Crippen molar-refractivity contribution in [2.75, 3.05) is 18.5 Å². The molecule has 0 radical (unpaired) electrons. The van der Waals surface area contributed by atoms with Gasteiger partial charge < -0.3 is 14.8 Å². The van der Waals surface area contributed by atoms with Crippen LogP contribution in [0.2, 0.25) is 0 Å². The van der Waals surface area contributed by atoms with Crippen LogP contribution in [0.4, 0.5) is 5.69 Å². The van der Waals surface area contributed by atoms with E-state index in [2.05, 4.69) is 26.2 Å². The van der Waals surface area contributed by atoms with Crippen LogP contribution < -0.4 is 14.8 Å². The van der Waals surface area contributed by atoms with Crippen LogP contribution in [-0.2, 0) is 11.2 Å². The maximum atomic E-state index is 12.5. The monoisotopic (exact) mass is 390 g/mol. The van der Waals surface area contributed by atoms with Crippen molar-refractivity contribution in [2.45, 2.75) is 27.2 Å². The number of nitrogens with zero attached hydrogens (tertiary/aromatic N) is 1. The van der Waals surface area contributed by atoms with Gasteiger partial charge in [-0.25, -0.2) is 0 Å². The van der Waals surface area contributed by atoms with Gasteiger partial charge >= 0.3 is 0 Å². The van der Waals surface area contributed by atoms with Crippen molar-refractivity contribution in [1.82, 2.24) is 4.98 Å². The van der Waals surface area contributed by atoms with Gasteiger partial charge in [-0.3, -0.25) is 9.78 Å². The number of fused-ring (bicyclic) bond motifs is 1. The van der Waals surface area contributed by atoms with Crippen LogP contribution in [0.25, 0.3) is 0 Å². The lowest BCUT2D eigenvalue weighted by Gasteiger charge is -2.20. The van der Waals surface area contributed by atoms with E-state index in [4.69, 9.17) is 9.47 Å². The van der Waals surface area contributed by atoms with E-state index in [1.807, 2.05) is 39.0 Å². The lowest BCUT2D eigenvalue weighted by Crippen LogP contribution is -2.18. The first-order chi connectivity index (χ1) is 11.4. The number of hydrogen-bond acceptors (Lipinski definition) is 4. The van der Waals surface area contributed by atoms with Crippen LogP contribution in [0, 0.1) is 20.8 Å². The molecule has 0 saturated carbocycles. The number of nitrogens with one attached hydrogen (secondary N) is 1. The summed E-state index contributed by atoms with van der Waals surface area (Å²) < 4.78 is 12.0. The normalized spacial score (nSPS) is 12.8. The Morgan fingerprint density at radius 2 is 1.83 bits per heavy atom. The quantitative estimate of drug-likeness (QED) is 0.867. The van der Waals surface area contributed by atoms with Crippen molar-refractivity contribution in [3.8, 4) is 11.5 Å². The summed E-state index contributed by atoms with van der Waals surface area (Å²) in [6.07, 6.45) is 0.240. The van der Waals surface area contributed by atoms with Crippen molar-refractivity contribution in [1.29, 1.82) is 0 Å². The number of amides is 1. The molecular weight excluding hydrogens is 372 g/mol. The second kappa shape index (κ2) is 6.81. The number of aryl methyl sites for hydroxylation is 3. The van der Waals surface area contributed by atoms with E-state index in [0.717, 1.165) is 32.7 Å². The minimum absolute atomic E-state index is 0.0933. The molecular formula is C18H19BrN2O3. The molecule has 2 aromatic rings. The molecule has 0 saturated heterocycles. The average molecular weight is 391 g/mol. The maximum Gasteiger partial charge on any atom is 0.228 e. The van der Waals surface area contributed by atoms with Gasteiger partial charge in [-0.05, 0) is 50.1 Å². The fourth-order valence-corrected chi connectivity index (χ4v) is 3.27. The van der Waals surface area contributed by atoms with Crippen molar-refractivity contribution in [3.05, 3.63) is 45.2 Å². The number of halogens is 1. The topological polar surface area (TPSA) is 60.5 Å². The molecule has 6 heteroatoms. The molecule has 1 aliphatic heterocycles. The molecule has 126 valence electrons. The van der Waals surface area contributed by atoms with E-state index >= 15 is 0 Å². The van der Waals surface area contributed by atoms with E-state index in [0.29, 0.717) is 24.7 Å². The van der Waals surface area contributed by atoms with Gasteiger partial charge in [-0.2, -0.15) is 0 Å². The summed E-state index contributed by atoms with van der Waals surface area (Å²) in [7, 11) is 0. The molecule has 0 atom stereocenters. The van der Waals surface area contributed by atoms with Crippen LogP contribution in [-0.4, -0.2) is 24.1 Å². The molecule has 1 aromatic carbocycles. The highest BCUT2D eigenvalue weighted by Gasteiger charge is 2.17. The molecule has 0 aliphatic carbocycles. The summed E-state index contributed by atoms with van der Waals surface area (Å²) in [6.45, 7) is 6.87. The van der Waals surface area contributed by atoms with E-state index in [9.17, 15) is 4.79 Å². The van der Waals surface area contributed by atoms with Gasteiger partial charge in [-0.15, -0.1) is 0 Å². The summed E-state index contributed by atoms with van der Waals surface area (Å²) in [5.74, 6) is 1.28. The minimum Gasteiger partial charge on any atom is -0.486 e. The Morgan fingerprint density at radius 1 is 1.17 bits per heavy atom. The first-order valence-corrected chi connectivity index (χ1v) is 8.56. The largest absolute Gasteiger partial charge is 0.486 e. The first-order valence-electron chi connectivity index (χ1n) is 7.77. The number of ether oxygens (including phenoxy) is 2. The van der Waals surface area contributed by atoms with Crippen molar-refractivity contribution < 1.29 is 14.3 Å². The van der Waals surface area contributed by atoms with Gasteiger partial charge in [0.2, 0.25) is 5.91 Å². The number of anilines is 1. The maximum absolute atomic E-state index is 12.5. The van der Waals surface area contributed by atoms with Crippen LogP contribution in [0.5, 0.6) is 11.5 Å². The van der Waals surface area contributed by atoms with Crippen molar-refractivity contribution >= 4 is 27.5 Å². The Labute approximate surface area is 149 Å². The average Bonchev–Trinajstić information content (AvgIpc) is 2.51. The Kier molecular flexibility index (Phi) is 4.76. The predicted molar refractivity (Wildman–Crippen MR) is 95.9 cm³/mol. The zero-order valence-electron chi connectivity index (χ0n) is 13.9. The van der Waals surface area contributed by atoms with Crippen LogP contribution in [0.15, 0.2) is 22.7 Å². The minimum atomic E-state index is -0.0933. The standard InChI is InChI=1S/C18H19BrN2O3/c1-10-6-11(2)20-12(3)18(10)21-17(22)8-13-7-15-16(9-14(13)19)24-5-4-23-15/h6-7,9H,4-5,8H2,1-3H3,(H,21,22). The van der Waals surface area contributed by atoms with Crippen molar-refractivity contribution in [2.24, 2.45) is 0 Å². The summed E-state index contributed by atoms with van der Waals surface area (Å²) in [5.41, 5.74) is 4.40. The highest BCUT2D eigenvalue weighted by Crippen LogP contribution is 2.35. The van der Waals surface area contributed by atoms with Gasteiger partial charge in [-0.1, -0.05) is 15.9 Å². The number of hydrogen-bond donors (Lipinski definition) is 1. The number of aromatic nitrogens is 1. The SMILES string of the molecule is Cc1cc(C)c(NC(=O)Cc2cc3c(cc2Br)OCCO3)c(C)n1. The molecule has 24 heavy (non-hydrogen) atoms.